The summed E-state index contributed by atoms with van der Waals surface area (Å²) in [4.78, 5) is 18.2. The van der Waals surface area contributed by atoms with Crippen molar-refractivity contribution >= 4 is 23.2 Å². The number of ether oxygens (including phenoxy) is 2. The number of amides is 1. The molecular formula is C28H36N4O3S. The molecular weight excluding hydrogens is 472 g/mol. The van der Waals surface area contributed by atoms with Crippen LogP contribution in [0.15, 0.2) is 72.1 Å². The van der Waals surface area contributed by atoms with E-state index < -0.39 is 0 Å². The van der Waals surface area contributed by atoms with Crippen molar-refractivity contribution in [1.82, 2.24) is 20.4 Å². The van der Waals surface area contributed by atoms with E-state index in [1.165, 1.54) is 0 Å². The Morgan fingerprint density at radius 1 is 0.833 bits per heavy atom. The van der Waals surface area contributed by atoms with Crippen LogP contribution in [0.5, 0.6) is 0 Å². The maximum atomic E-state index is 14.3. The van der Waals surface area contributed by atoms with Gasteiger partial charge in [0.05, 0.1) is 11.6 Å². The molecule has 2 aliphatic heterocycles. The van der Waals surface area contributed by atoms with Crippen molar-refractivity contribution in [2.24, 2.45) is 0 Å². The molecule has 2 aromatic carbocycles. The molecule has 2 aliphatic rings. The van der Waals surface area contributed by atoms with E-state index in [0.717, 1.165) is 29.8 Å². The number of benzene rings is 2. The highest BCUT2D eigenvalue weighted by atomic mass is 32.1. The number of carbonyl (C=O) groups is 1. The van der Waals surface area contributed by atoms with Crippen LogP contribution in [-0.4, -0.2) is 60.3 Å². The SMILES string of the molecule is CCOCCCN1C(=S)NC(c2ccccc2)C2=C1NC(c1ccccc1)N(CCCOCC)C2=O. The fraction of sp³-hybridized carbons (Fsp3) is 0.429. The predicted octanol–water partition coefficient (Wildman–Crippen LogP) is 4.11. The van der Waals surface area contributed by atoms with E-state index in [4.69, 9.17) is 21.7 Å². The highest BCUT2D eigenvalue weighted by Crippen LogP contribution is 2.37. The van der Waals surface area contributed by atoms with E-state index in [0.29, 0.717) is 50.2 Å². The molecule has 36 heavy (non-hydrogen) atoms. The van der Waals surface area contributed by atoms with Crippen LogP contribution in [0.4, 0.5) is 0 Å². The van der Waals surface area contributed by atoms with E-state index >= 15 is 0 Å². The van der Waals surface area contributed by atoms with E-state index in [-0.39, 0.29) is 18.1 Å². The van der Waals surface area contributed by atoms with Crippen LogP contribution in [0, 0.1) is 0 Å². The molecule has 0 radical (unpaired) electrons. The second-order valence-electron chi connectivity index (χ2n) is 8.76. The summed E-state index contributed by atoms with van der Waals surface area (Å²) >= 11 is 5.83. The number of carbonyl (C=O) groups excluding carboxylic acids is 1. The lowest BCUT2D eigenvalue weighted by Crippen LogP contribution is -2.59. The van der Waals surface area contributed by atoms with Gasteiger partial charge in [-0.2, -0.15) is 0 Å². The fourth-order valence-electron chi connectivity index (χ4n) is 4.71. The molecule has 0 spiro atoms. The van der Waals surface area contributed by atoms with Crippen molar-refractivity contribution in [2.75, 3.05) is 39.5 Å². The highest BCUT2D eigenvalue weighted by Gasteiger charge is 2.43. The van der Waals surface area contributed by atoms with Crippen LogP contribution in [0.25, 0.3) is 0 Å². The van der Waals surface area contributed by atoms with Gasteiger partial charge in [0.1, 0.15) is 12.0 Å². The lowest BCUT2D eigenvalue weighted by molar-refractivity contribution is -0.132. The standard InChI is InChI=1S/C28H36N4O3S/c1-3-34-19-11-17-31-25(22-15-9-6-10-16-22)30-26-23(27(31)33)24(21-13-7-5-8-14-21)29-28(36)32(26)18-12-20-35-4-2/h5-10,13-16,24-25,30H,3-4,11-12,17-20H2,1-2H3,(H,29,36). The Kier molecular flexibility index (Phi) is 9.33. The molecule has 7 nitrogen and oxygen atoms in total. The molecule has 2 N–H and O–H groups in total. The van der Waals surface area contributed by atoms with E-state index in [9.17, 15) is 4.79 Å². The molecule has 0 bridgehead atoms. The molecule has 2 atom stereocenters. The minimum atomic E-state index is -0.331. The molecule has 1 amide bonds. The summed E-state index contributed by atoms with van der Waals surface area (Å²) < 4.78 is 11.1. The first-order chi connectivity index (χ1) is 17.7. The summed E-state index contributed by atoms with van der Waals surface area (Å²) in [6.45, 7) is 7.80. The van der Waals surface area contributed by atoms with Crippen molar-refractivity contribution in [1.29, 1.82) is 0 Å². The Labute approximate surface area is 219 Å². The monoisotopic (exact) mass is 508 g/mol. The van der Waals surface area contributed by atoms with E-state index in [2.05, 4.69) is 22.8 Å². The summed E-state index contributed by atoms with van der Waals surface area (Å²) in [5.41, 5.74) is 2.72. The summed E-state index contributed by atoms with van der Waals surface area (Å²) in [7, 11) is 0. The predicted molar refractivity (Wildman–Crippen MR) is 145 cm³/mol. The normalized spacial score (nSPS) is 19.7. The largest absolute Gasteiger partial charge is 0.382 e. The Bertz CT molecular complexity index is 1050. The molecule has 8 heteroatoms. The molecule has 192 valence electrons. The van der Waals surface area contributed by atoms with Crippen molar-refractivity contribution in [2.45, 2.75) is 38.9 Å². The number of nitrogens with one attached hydrogen (secondary N) is 2. The first kappa shape index (κ1) is 26.1. The molecule has 4 rings (SSSR count). The fourth-order valence-corrected chi connectivity index (χ4v) is 5.01. The third-order valence-corrected chi connectivity index (χ3v) is 6.76. The highest BCUT2D eigenvalue weighted by molar-refractivity contribution is 7.80. The maximum Gasteiger partial charge on any atom is 0.257 e. The van der Waals surface area contributed by atoms with Crippen LogP contribution in [0.3, 0.4) is 0 Å². The zero-order valence-corrected chi connectivity index (χ0v) is 21.9. The minimum absolute atomic E-state index is 0.00719. The summed E-state index contributed by atoms with van der Waals surface area (Å²) in [6, 6.07) is 19.8. The van der Waals surface area contributed by atoms with E-state index in [1.807, 2.05) is 72.2 Å². The van der Waals surface area contributed by atoms with Gasteiger partial charge >= 0.3 is 0 Å². The van der Waals surface area contributed by atoms with Gasteiger partial charge in [-0.1, -0.05) is 60.7 Å². The lowest BCUT2D eigenvalue weighted by atomic mass is 9.93. The summed E-state index contributed by atoms with van der Waals surface area (Å²) in [5.74, 6) is 0.789. The van der Waals surface area contributed by atoms with Crippen LogP contribution >= 0.6 is 12.2 Å². The van der Waals surface area contributed by atoms with Crippen LogP contribution in [0.1, 0.15) is 50.0 Å². The first-order valence-corrected chi connectivity index (χ1v) is 13.2. The van der Waals surface area contributed by atoms with Gasteiger partial charge in [-0.15, -0.1) is 0 Å². The summed E-state index contributed by atoms with van der Waals surface area (Å²) in [5, 5.41) is 7.77. The smallest absolute Gasteiger partial charge is 0.257 e. The number of hydrogen-bond acceptors (Lipinski definition) is 5. The topological polar surface area (TPSA) is 66.1 Å². The van der Waals surface area contributed by atoms with Gasteiger partial charge in [-0.25, -0.2) is 0 Å². The average molecular weight is 509 g/mol. The van der Waals surface area contributed by atoms with Gasteiger partial charge in [-0.05, 0) is 50.0 Å². The molecule has 2 aromatic rings. The Balaban J connectivity index is 1.74. The molecule has 2 heterocycles. The Morgan fingerprint density at radius 3 is 2.03 bits per heavy atom. The van der Waals surface area contributed by atoms with Crippen molar-refractivity contribution in [3.8, 4) is 0 Å². The Morgan fingerprint density at radius 2 is 1.42 bits per heavy atom. The van der Waals surface area contributed by atoms with Gasteiger partial charge in [0.2, 0.25) is 0 Å². The molecule has 0 fully saturated rings. The van der Waals surface area contributed by atoms with Crippen LogP contribution < -0.4 is 10.6 Å². The third-order valence-electron chi connectivity index (χ3n) is 6.42. The molecule has 0 saturated heterocycles. The second kappa shape index (κ2) is 12.9. The van der Waals surface area contributed by atoms with Gasteiger partial charge in [0.25, 0.3) is 5.91 Å². The molecule has 2 unspecified atom stereocenters. The van der Waals surface area contributed by atoms with Crippen LogP contribution in [0.2, 0.25) is 0 Å². The molecule has 0 aliphatic carbocycles. The van der Waals surface area contributed by atoms with Gasteiger partial charge in [-0.3, -0.25) is 4.79 Å². The number of hydrogen-bond donors (Lipinski definition) is 2. The minimum Gasteiger partial charge on any atom is -0.382 e. The molecule has 0 saturated carbocycles. The second-order valence-corrected chi connectivity index (χ2v) is 9.15. The number of thiocarbonyl (C=S) groups is 1. The van der Waals surface area contributed by atoms with Crippen molar-refractivity contribution in [3.63, 3.8) is 0 Å². The van der Waals surface area contributed by atoms with E-state index in [1.54, 1.807) is 0 Å². The zero-order valence-electron chi connectivity index (χ0n) is 21.1. The van der Waals surface area contributed by atoms with Crippen molar-refractivity contribution < 1.29 is 14.3 Å². The third kappa shape index (κ3) is 5.88. The first-order valence-electron chi connectivity index (χ1n) is 12.8. The average Bonchev–Trinajstić information content (AvgIpc) is 2.91. The Hall–Kier alpha value is -2.94. The zero-order chi connectivity index (χ0) is 25.3. The van der Waals surface area contributed by atoms with Crippen molar-refractivity contribution in [3.05, 3.63) is 83.2 Å². The quantitative estimate of drug-likeness (QED) is 0.330. The maximum absolute atomic E-state index is 14.3. The number of rotatable bonds is 12. The van der Waals surface area contributed by atoms with Gasteiger partial charge in [0.15, 0.2) is 5.11 Å². The van der Waals surface area contributed by atoms with Gasteiger partial charge in [0, 0.05) is 39.5 Å². The lowest BCUT2D eigenvalue weighted by Gasteiger charge is -2.47. The van der Waals surface area contributed by atoms with Gasteiger partial charge < -0.3 is 29.9 Å². The van der Waals surface area contributed by atoms with Crippen LogP contribution in [-0.2, 0) is 14.3 Å². The summed E-state index contributed by atoms with van der Waals surface area (Å²) in [6.07, 6.45) is 1.25. The number of nitrogens with zero attached hydrogens (tertiary/aromatic N) is 2. The molecule has 0 aromatic heterocycles.